The monoisotopic (exact) mass is 529 g/mol. The zero-order valence-electron chi connectivity index (χ0n) is 20.7. The topological polar surface area (TPSA) is 91.4 Å². The molecule has 0 fully saturated rings. The fraction of sp³-hybridized carbons (Fsp3) is 0.423. The zero-order chi connectivity index (χ0) is 25.1. The van der Waals surface area contributed by atoms with Gasteiger partial charge in [0.15, 0.2) is 11.7 Å². The fourth-order valence-corrected chi connectivity index (χ4v) is 3.90. The SMILES string of the molecule is COC(=O)C(CCCN(C)CCc1ccc(C=O)c(OC)c1)(C(=O)OC)c1cc[c-]c(OC)c1.[Co]. The Morgan fingerprint density at radius 2 is 1.69 bits per heavy atom. The molecule has 2 rings (SSSR count). The van der Waals surface area contributed by atoms with E-state index in [0.29, 0.717) is 35.6 Å². The molecule has 0 aliphatic heterocycles. The second-order valence-corrected chi connectivity index (χ2v) is 7.89. The van der Waals surface area contributed by atoms with Crippen molar-refractivity contribution in [2.24, 2.45) is 0 Å². The summed E-state index contributed by atoms with van der Waals surface area (Å²) in [6.45, 7) is 1.37. The Kier molecular flexibility index (Phi) is 12.5. The number of ether oxygens (including phenoxy) is 4. The zero-order valence-corrected chi connectivity index (χ0v) is 21.8. The van der Waals surface area contributed by atoms with Crippen molar-refractivity contribution in [1.82, 2.24) is 4.90 Å². The first-order chi connectivity index (χ1) is 16.4. The van der Waals surface area contributed by atoms with Gasteiger partial charge in [-0.2, -0.15) is 12.1 Å². The van der Waals surface area contributed by atoms with Gasteiger partial charge in [-0.25, -0.2) is 0 Å². The largest absolute Gasteiger partial charge is 0.523 e. The van der Waals surface area contributed by atoms with Gasteiger partial charge < -0.3 is 23.8 Å². The van der Waals surface area contributed by atoms with Crippen LogP contribution in [-0.2, 0) is 47.7 Å². The number of benzene rings is 2. The van der Waals surface area contributed by atoms with Crippen molar-refractivity contribution in [2.75, 3.05) is 48.6 Å². The van der Waals surface area contributed by atoms with Gasteiger partial charge in [0.25, 0.3) is 0 Å². The number of hydrogen-bond acceptors (Lipinski definition) is 8. The van der Waals surface area contributed by atoms with Crippen molar-refractivity contribution >= 4 is 18.2 Å². The molecule has 9 heteroatoms. The molecule has 35 heavy (non-hydrogen) atoms. The van der Waals surface area contributed by atoms with Gasteiger partial charge in [0.1, 0.15) is 5.75 Å². The third kappa shape index (κ3) is 7.30. The molecule has 0 saturated heterocycles. The molecule has 1 radical (unpaired) electrons. The van der Waals surface area contributed by atoms with Gasteiger partial charge in [0, 0.05) is 29.1 Å². The van der Waals surface area contributed by atoms with Crippen LogP contribution in [0, 0.1) is 6.07 Å². The maximum atomic E-state index is 12.9. The van der Waals surface area contributed by atoms with Crippen molar-refractivity contribution in [1.29, 1.82) is 0 Å². The average molecular weight is 529 g/mol. The van der Waals surface area contributed by atoms with E-state index in [-0.39, 0.29) is 23.2 Å². The van der Waals surface area contributed by atoms with E-state index in [4.69, 9.17) is 18.9 Å². The van der Waals surface area contributed by atoms with Gasteiger partial charge >= 0.3 is 11.9 Å². The van der Waals surface area contributed by atoms with Crippen LogP contribution in [0.25, 0.3) is 0 Å². The normalized spacial score (nSPS) is 10.8. The molecule has 0 spiro atoms. The maximum Gasteiger partial charge on any atom is 0.325 e. The van der Waals surface area contributed by atoms with Crippen LogP contribution in [0.3, 0.4) is 0 Å². The molecular weight excluding hydrogens is 497 g/mol. The molecule has 193 valence electrons. The molecule has 0 unspecified atom stereocenters. The van der Waals surface area contributed by atoms with E-state index in [1.165, 1.54) is 28.4 Å². The minimum Gasteiger partial charge on any atom is -0.523 e. The van der Waals surface area contributed by atoms with Crippen LogP contribution in [0.1, 0.15) is 34.3 Å². The van der Waals surface area contributed by atoms with E-state index < -0.39 is 17.4 Å². The molecule has 2 aromatic carbocycles. The summed E-state index contributed by atoms with van der Waals surface area (Å²) in [4.78, 5) is 39.0. The maximum absolute atomic E-state index is 12.9. The summed E-state index contributed by atoms with van der Waals surface area (Å²) in [6.07, 6.45) is 2.25. The first-order valence-electron chi connectivity index (χ1n) is 10.9. The van der Waals surface area contributed by atoms with Crippen LogP contribution in [-0.4, -0.2) is 71.7 Å². The number of carbonyl (C=O) groups excluding carboxylic acids is 3. The molecule has 8 nitrogen and oxygen atoms in total. The Balaban J connectivity index is 0.00000612. The Morgan fingerprint density at radius 3 is 2.26 bits per heavy atom. The minimum atomic E-state index is -1.61. The third-order valence-corrected chi connectivity index (χ3v) is 5.85. The summed E-state index contributed by atoms with van der Waals surface area (Å²) in [6, 6.07) is 13.3. The molecule has 0 amide bonds. The summed E-state index contributed by atoms with van der Waals surface area (Å²) in [5.41, 5.74) is 0.383. The van der Waals surface area contributed by atoms with Gasteiger partial charge in [-0.3, -0.25) is 14.4 Å². The predicted octanol–water partition coefficient (Wildman–Crippen LogP) is 2.85. The standard InChI is InChI=1S/C26H32NO7.Co/c1-27(15-12-19-10-11-20(18-28)23(16-19)32-3)14-7-13-26(24(29)33-4,25(30)34-5)21-8-6-9-22(17-21)31-2;/h6,8,10-11,16-18H,7,12-15H2,1-5H3;/q-1;. The first kappa shape index (κ1) is 30.1. The molecule has 2 aromatic rings. The Hall–Kier alpha value is -2.88. The molecule has 0 aliphatic rings. The number of methoxy groups -OCH3 is 4. The number of hydrogen-bond donors (Lipinski definition) is 0. The summed E-state index contributed by atoms with van der Waals surface area (Å²) in [5, 5.41) is 0. The number of rotatable bonds is 13. The van der Waals surface area contributed by atoms with Crippen molar-refractivity contribution < 1.29 is 50.1 Å². The fourth-order valence-electron chi connectivity index (χ4n) is 3.90. The van der Waals surface area contributed by atoms with Gasteiger partial charge in [0.05, 0.1) is 34.0 Å². The Labute approximate surface area is 217 Å². The molecule has 0 aromatic heterocycles. The van der Waals surface area contributed by atoms with Crippen molar-refractivity contribution in [3.63, 3.8) is 0 Å². The van der Waals surface area contributed by atoms with E-state index in [1.807, 2.05) is 19.2 Å². The number of carbonyl (C=O) groups is 3. The molecule has 0 heterocycles. The molecule has 0 bridgehead atoms. The van der Waals surface area contributed by atoms with E-state index >= 15 is 0 Å². The van der Waals surface area contributed by atoms with E-state index in [2.05, 4.69) is 11.0 Å². The number of aldehydes is 1. The van der Waals surface area contributed by atoms with Crippen molar-refractivity contribution in [2.45, 2.75) is 24.7 Å². The number of esters is 2. The Bertz CT molecular complexity index is 979. The van der Waals surface area contributed by atoms with E-state index in [0.717, 1.165) is 24.8 Å². The van der Waals surface area contributed by atoms with Crippen LogP contribution in [0.5, 0.6) is 11.5 Å². The predicted molar refractivity (Wildman–Crippen MR) is 126 cm³/mol. The quantitative estimate of drug-likeness (QED) is 0.169. The van der Waals surface area contributed by atoms with Crippen molar-refractivity contribution in [3.05, 3.63) is 59.2 Å². The number of nitrogens with zero attached hydrogens (tertiary/aromatic N) is 1. The molecular formula is C26H32CoNO7-. The summed E-state index contributed by atoms with van der Waals surface area (Å²) < 4.78 is 20.6. The first-order valence-corrected chi connectivity index (χ1v) is 10.9. The Morgan fingerprint density at radius 1 is 1.00 bits per heavy atom. The van der Waals surface area contributed by atoms with Crippen molar-refractivity contribution in [3.8, 4) is 11.5 Å². The van der Waals surface area contributed by atoms with Gasteiger partial charge in [-0.15, -0.1) is 17.7 Å². The molecule has 0 aliphatic carbocycles. The van der Waals surface area contributed by atoms with Crippen LogP contribution in [0.15, 0.2) is 36.4 Å². The summed E-state index contributed by atoms with van der Waals surface area (Å²) in [7, 11) is 7.50. The average Bonchev–Trinajstić information content (AvgIpc) is 2.88. The van der Waals surface area contributed by atoms with Crippen LogP contribution in [0.4, 0.5) is 0 Å². The second-order valence-electron chi connectivity index (χ2n) is 7.89. The van der Waals surface area contributed by atoms with Gasteiger partial charge in [-0.05, 0) is 50.6 Å². The minimum absolute atomic E-state index is 0. The van der Waals surface area contributed by atoms with Gasteiger partial charge in [-0.1, -0.05) is 6.07 Å². The van der Waals surface area contributed by atoms with E-state index in [9.17, 15) is 14.4 Å². The second kappa shape index (κ2) is 14.5. The van der Waals surface area contributed by atoms with Crippen LogP contribution < -0.4 is 9.47 Å². The summed E-state index contributed by atoms with van der Waals surface area (Å²) in [5.74, 6) is -0.412. The summed E-state index contributed by atoms with van der Waals surface area (Å²) >= 11 is 0. The van der Waals surface area contributed by atoms with Crippen LogP contribution in [0.2, 0.25) is 0 Å². The number of likely N-dealkylation sites (N-methyl/N-ethyl adjacent to an activating group) is 1. The molecule has 0 saturated carbocycles. The smallest absolute Gasteiger partial charge is 0.325 e. The molecule has 0 atom stereocenters. The van der Waals surface area contributed by atoms with E-state index in [1.54, 1.807) is 24.3 Å². The van der Waals surface area contributed by atoms with Crippen LogP contribution >= 0.6 is 0 Å². The van der Waals surface area contributed by atoms with Gasteiger partial charge in [0.2, 0.25) is 0 Å². The molecule has 0 N–H and O–H groups in total. The third-order valence-electron chi connectivity index (χ3n) is 5.85.